The molecular formula is C28H31N3O3. The lowest BCUT2D eigenvalue weighted by atomic mass is 9.96. The van der Waals surface area contributed by atoms with Crippen LogP contribution in [-0.4, -0.2) is 52.8 Å². The number of allylic oxidation sites excluding steroid dienone is 3. The van der Waals surface area contributed by atoms with E-state index in [0.29, 0.717) is 18.7 Å². The van der Waals surface area contributed by atoms with Crippen molar-refractivity contribution in [3.63, 3.8) is 0 Å². The lowest BCUT2D eigenvalue weighted by Crippen LogP contribution is -2.57. The van der Waals surface area contributed by atoms with Crippen LogP contribution in [-0.2, 0) is 11.3 Å². The number of methoxy groups -OCH3 is 1. The van der Waals surface area contributed by atoms with Crippen LogP contribution in [0.5, 0.6) is 5.75 Å². The fraction of sp³-hybridized carbons (Fsp3) is 0.286. The second-order valence-electron chi connectivity index (χ2n) is 8.96. The number of carbonyl (C=O) groups excluding carboxylic acids is 2. The van der Waals surface area contributed by atoms with Crippen molar-refractivity contribution in [3.8, 4) is 5.75 Å². The SMILES string of the molecule is COc1cccc(CN2C(=O)CN(C(=O)c3ccc4[nH]ccc4c3)C[C@@H]2CC2=CCCC=C2)c1.[HH]. The third-order valence-corrected chi connectivity index (χ3v) is 6.64. The van der Waals surface area contributed by atoms with Gasteiger partial charge < -0.3 is 19.5 Å². The van der Waals surface area contributed by atoms with E-state index in [2.05, 4.69) is 23.2 Å². The van der Waals surface area contributed by atoms with E-state index in [1.165, 1.54) is 5.57 Å². The Kier molecular flexibility index (Phi) is 6.21. The zero-order valence-electron chi connectivity index (χ0n) is 19.4. The van der Waals surface area contributed by atoms with Gasteiger partial charge in [0.1, 0.15) is 12.3 Å². The molecule has 1 saturated heterocycles. The average molecular weight is 458 g/mol. The molecule has 2 aliphatic rings. The maximum absolute atomic E-state index is 13.4. The molecule has 1 atom stereocenters. The maximum atomic E-state index is 13.4. The van der Waals surface area contributed by atoms with Crippen LogP contribution >= 0.6 is 0 Å². The molecule has 34 heavy (non-hydrogen) atoms. The number of ether oxygens (including phenoxy) is 1. The first kappa shape index (κ1) is 22.0. The second kappa shape index (κ2) is 9.59. The van der Waals surface area contributed by atoms with E-state index in [0.717, 1.165) is 41.5 Å². The van der Waals surface area contributed by atoms with E-state index in [-0.39, 0.29) is 25.8 Å². The summed E-state index contributed by atoms with van der Waals surface area (Å²) in [6.45, 7) is 1.08. The number of rotatable bonds is 6. The van der Waals surface area contributed by atoms with Gasteiger partial charge in [-0.05, 0) is 61.2 Å². The first-order valence-electron chi connectivity index (χ1n) is 11.7. The van der Waals surface area contributed by atoms with Crippen LogP contribution in [0.1, 0.15) is 36.6 Å². The fourth-order valence-corrected chi connectivity index (χ4v) is 4.85. The van der Waals surface area contributed by atoms with Gasteiger partial charge in [-0.25, -0.2) is 0 Å². The number of benzene rings is 2. The van der Waals surface area contributed by atoms with Gasteiger partial charge in [0, 0.05) is 37.2 Å². The van der Waals surface area contributed by atoms with Crippen molar-refractivity contribution < 1.29 is 15.8 Å². The summed E-state index contributed by atoms with van der Waals surface area (Å²) in [5.74, 6) is 0.638. The van der Waals surface area contributed by atoms with Crippen molar-refractivity contribution in [1.82, 2.24) is 14.8 Å². The Morgan fingerprint density at radius 1 is 1.18 bits per heavy atom. The van der Waals surface area contributed by atoms with Crippen molar-refractivity contribution in [3.05, 3.63) is 89.7 Å². The van der Waals surface area contributed by atoms with Crippen LogP contribution in [0.25, 0.3) is 10.9 Å². The standard InChI is InChI=1S/C28H29N3O3.H2/c1-34-25-9-5-8-21(15-25)17-31-24(14-20-6-3-2-4-7-20)18-30(19-27(31)32)28(33)23-10-11-26-22(16-23)12-13-29-26;/h3,5-13,15-16,24,29H,2,4,14,17-19H2,1H3;1H/t24-;/m0./s1. The topological polar surface area (TPSA) is 65.6 Å². The molecule has 0 radical (unpaired) electrons. The van der Waals surface area contributed by atoms with Gasteiger partial charge in [-0.15, -0.1) is 0 Å². The van der Waals surface area contributed by atoms with E-state index in [9.17, 15) is 9.59 Å². The predicted octanol–water partition coefficient (Wildman–Crippen LogP) is 4.94. The number of nitrogens with zero attached hydrogens (tertiary/aromatic N) is 2. The van der Waals surface area contributed by atoms with Crippen molar-refractivity contribution in [2.24, 2.45) is 0 Å². The van der Waals surface area contributed by atoms with Crippen molar-refractivity contribution in [2.45, 2.75) is 31.8 Å². The molecule has 2 heterocycles. The lowest BCUT2D eigenvalue weighted by Gasteiger charge is -2.41. The Labute approximate surface area is 201 Å². The van der Waals surface area contributed by atoms with Gasteiger partial charge in [-0.1, -0.05) is 35.9 Å². The first-order chi connectivity index (χ1) is 16.6. The third kappa shape index (κ3) is 4.62. The van der Waals surface area contributed by atoms with Crippen molar-refractivity contribution >= 4 is 22.7 Å². The lowest BCUT2D eigenvalue weighted by molar-refractivity contribution is -0.139. The molecule has 2 aromatic carbocycles. The van der Waals surface area contributed by atoms with Crippen LogP contribution < -0.4 is 4.74 Å². The number of amides is 2. The van der Waals surface area contributed by atoms with E-state index in [1.54, 1.807) is 12.0 Å². The Morgan fingerprint density at radius 2 is 2.09 bits per heavy atom. The molecular weight excluding hydrogens is 426 g/mol. The molecule has 6 nitrogen and oxygen atoms in total. The summed E-state index contributed by atoms with van der Waals surface area (Å²) >= 11 is 0. The highest BCUT2D eigenvalue weighted by Crippen LogP contribution is 2.26. The minimum absolute atomic E-state index is 0. The summed E-state index contributed by atoms with van der Waals surface area (Å²) in [6, 6.07) is 15.3. The Hall–Kier alpha value is -3.80. The smallest absolute Gasteiger partial charge is 0.254 e. The van der Waals surface area contributed by atoms with Gasteiger partial charge in [0.05, 0.1) is 13.2 Å². The molecule has 1 aliphatic carbocycles. The predicted molar refractivity (Wildman–Crippen MR) is 135 cm³/mol. The number of hydrogen-bond acceptors (Lipinski definition) is 3. The van der Waals surface area contributed by atoms with E-state index >= 15 is 0 Å². The molecule has 0 unspecified atom stereocenters. The quantitative estimate of drug-likeness (QED) is 0.570. The number of piperazine rings is 1. The normalized spacial score (nSPS) is 18.3. The van der Waals surface area contributed by atoms with Crippen molar-refractivity contribution in [2.75, 3.05) is 20.2 Å². The molecule has 6 heteroatoms. The molecule has 1 N–H and O–H groups in total. The summed E-state index contributed by atoms with van der Waals surface area (Å²) in [4.78, 5) is 33.6. The average Bonchev–Trinajstić information content (AvgIpc) is 3.34. The number of aromatic amines is 1. The van der Waals surface area contributed by atoms with Crippen LogP contribution in [0.3, 0.4) is 0 Å². The monoisotopic (exact) mass is 457 g/mol. The highest BCUT2D eigenvalue weighted by molar-refractivity contribution is 6.00. The largest absolute Gasteiger partial charge is 0.497 e. The summed E-state index contributed by atoms with van der Waals surface area (Å²) in [5, 5.41) is 0.989. The van der Waals surface area contributed by atoms with Crippen LogP contribution in [0.15, 0.2) is 78.5 Å². The molecule has 0 saturated carbocycles. The number of fused-ring (bicyclic) bond motifs is 1. The van der Waals surface area contributed by atoms with Crippen LogP contribution in [0, 0.1) is 0 Å². The highest BCUT2D eigenvalue weighted by atomic mass is 16.5. The molecule has 0 spiro atoms. The molecule has 0 bridgehead atoms. The van der Waals surface area contributed by atoms with E-state index in [4.69, 9.17) is 4.74 Å². The molecule has 176 valence electrons. The van der Waals surface area contributed by atoms with Crippen molar-refractivity contribution in [1.29, 1.82) is 0 Å². The Balaban J connectivity index is 0.00000289. The number of hydrogen-bond donors (Lipinski definition) is 1. The Bertz CT molecular complexity index is 1280. The van der Waals surface area contributed by atoms with Gasteiger partial charge in [0.15, 0.2) is 0 Å². The molecule has 1 aliphatic heterocycles. The molecule has 3 aromatic rings. The van der Waals surface area contributed by atoms with Crippen LogP contribution in [0.2, 0.25) is 0 Å². The minimum atomic E-state index is -0.101. The molecule has 1 aromatic heterocycles. The highest BCUT2D eigenvalue weighted by Gasteiger charge is 2.35. The van der Waals surface area contributed by atoms with Gasteiger partial charge in [-0.2, -0.15) is 0 Å². The fourth-order valence-electron chi connectivity index (χ4n) is 4.85. The molecule has 1 fully saturated rings. The molecule has 5 rings (SSSR count). The third-order valence-electron chi connectivity index (χ3n) is 6.64. The summed E-state index contributed by atoms with van der Waals surface area (Å²) in [5.41, 5.74) is 3.84. The maximum Gasteiger partial charge on any atom is 0.254 e. The number of nitrogens with one attached hydrogen (secondary N) is 1. The summed E-state index contributed by atoms with van der Waals surface area (Å²) in [7, 11) is 1.64. The first-order valence-corrected chi connectivity index (χ1v) is 11.7. The van der Waals surface area contributed by atoms with E-state index in [1.807, 2.05) is 59.6 Å². The molecule has 2 amide bonds. The zero-order chi connectivity index (χ0) is 23.5. The van der Waals surface area contributed by atoms with E-state index < -0.39 is 0 Å². The van der Waals surface area contributed by atoms with Gasteiger partial charge in [-0.3, -0.25) is 9.59 Å². The van der Waals surface area contributed by atoms with Gasteiger partial charge in [0.2, 0.25) is 5.91 Å². The summed E-state index contributed by atoms with van der Waals surface area (Å²) < 4.78 is 5.36. The number of carbonyl (C=O) groups is 2. The van der Waals surface area contributed by atoms with Crippen LogP contribution in [0.4, 0.5) is 0 Å². The number of H-pyrrole nitrogens is 1. The van der Waals surface area contributed by atoms with Gasteiger partial charge in [0.25, 0.3) is 5.91 Å². The second-order valence-corrected chi connectivity index (χ2v) is 8.96. The number of aromatic nitrogens is 1. The van der Waals surface area contributed by atoms with Gasteiger partial charge >= 0.3 is 0 Å². The zero-order valence-corrected chi connectivity index (χ0v) is 19.4. The Morgan fingerprint density at radius 3 is 2.91 bits per heavy atom. The summed E-state index contributed by atoms with van der Waals surface area (Å²) in [6.07, 6.45) is 11.2. The minimum Gasteiger partial charge on any atom is -0.497 e.